The van der Waals surface area contributed by atoms with Crippen LogP contribution < -0.4 is 22.1 Å². The zero-order valence-corrected chi connectivity index (χ0v) is 17.1. The Morgan fingerprint density at radius 1 is 1.10 bits per heavy atom. The van der Waals surface area contributed by atoms with Gasteiger partial charge in [-0.15, -0.1) is 0 Å². The number of benzene rings is 1. The number of aryl methyl sites for hydroxylation is 2. The number of nitrogens with two attached hydrogens (primary N) is 2. The van der Waals surface area contributed by atoms with Crippen LogP contribution in [0.5, 0.6) is 0 Å². The van der Waals surface area contributed by atoms with Crippen molar-refractivity contribution in [2.45, 2.75) is 19.8 Å². The lowest BCUT2D eigenvalue weighted by Crippen LogP contribution is -2.21. The topological polar surface area (TPSA) is 148 Å². The van der Waals surface area contributed by atoms with Gasteiger partial charge in [0, 0.05) is 13.1 Å². The van der Waals surface area contributed by atoms with Crippen molar-refractivity contribution >= 4 is 45.6 Å². The fourth-order valence-corrected chi connectivity index (χ4v) is 3.63. The first-order chi connectivity index (χ1) is 14.4. The summed E-state index contributed by atoms with van der Waals surface area (Å²) in [5.74, 6) is -0.542. The van der Waals surface area contributed by atoms with Crippen molar-refractivity contribution in [1.82, 2.24) is 9.97 Å². The van der Waals surface area contributed by atoms with Crippen LogP contribution in [0.1, 0.15) is 27.9 Å². The molecular formula is C20H21N7O2S. The fourth-order valence-electron chi connectivity index (χ4n) is 2.68. The molecule has 3 rings (SSSR count). The maximum absolute atomic E-state index is 12.8. The molecule has 0 atom stereocenters. The molecule has 0 radical (unpaired) electrons. The van der Waals surface area contributed by atoms with Gasteiger partial charge in [-0.1, -0.05) is 23.5 Å². The van der Waals surface area contributed by atoms with Gasteiger partial charge in [0.1, 0.15) is 4.88 Å². The molecule has 30 heavy (non-hydrogen) atoms. The normalized spacial score (nSPS) is 10.3. The van der Waals surface area contributed by atoms with Crippen molar-refractivity contribution in [1.29, 1.82) is 0 Å². The van der Waals surface area contributed by atoms with Crippen LogP contribution in [0.2, 0.25) is 0 Å². The van der Waals surface area contributed by atoms with Crippen LogP contribution in [0.4, 0.5) is 16.5 Å². The summed E-state index contributed by atoms with van der Waals surface area (Å²) in [5.41, 5.74) is 13.7. The molecule has 0 fully saturated rings. The standard InChI is InChI=1S/C20H21N7O2S/c1-12(28)24-20-27-16(9-6-13-4-7-14(8-5-13)26-19(21)22)17(30-20)18(29)25-15-3-2-10-23-11-15/h2-5,7-8,10-11H,6,9H2,1H3,(H,25,29)(H4,21,22,26)(H,24,27,28). The zero-order valence-electron chi connectivity index (χ0n) is 16.3. The second kappa shape index (κ2) is 9.61. The maximum atomic E-state index is 12.8. The van der Waals surface area contributed by atoms with Crippen molar-refractivity contribution in [2.75, 3.05) is 10.6 Å². The molecule has 2 heterocycles. The summed E-state index contributed by atoms with van der Waals surface area (Å²) in [6.45, 7) is 1.40. The number of guanidine groups is 1. The smallest absolute Gasteiger partial charge is 0.267 e. The number of thiazole rings is 1. The molecule has 9 nitrogen and oxygen atoms in total. The molecule has 0 aliphatic rings. The highest BCUT2D eigenvalue weighted by Crippen LogP contribution is 2.26. The first kappa shape index (κ1) is 20.9. The van der Waals surface area contributed by atoms with Crippen LogP contribution in [0, 0.1) is 0 Å². The van der Waals surface area contributed by atoms with Crippen molar-refractivity contribution in [3.05, 3.63) is 64.9 Å². The number of carbonyl (C=O) groups is 2. The minimum Gasteiger partial charge on any atom is -0.370 e. The summed E-state index contributed by atoms with van der Waals surface area (Å²) >= 11 is 1.14. The predicted molar refractivity (Wildman–Crippen MR) is 118 cm³/mol. The largest absolute Gasteiger partial charge is 0.370 e. The Bertz CT molecular complexity index is 1060. The maximum Gasteiger partial charge on any atom is 0.267 e. The summed E-state index contributed by atoms with van der Waals surface area (Å²) in [5, 5.41) is 5.84. The Kier molecular flexibility index (Phi) is 6.71. The number of aliphatic imine (C=N–C) groups is 1. The van der Waals surface area contributed by atoms with Crippen molar-refractivity contribution in [2.24, 2.45) is 16.5 Å². The van der Waals surface area contributed by atoms with Gasteiger partial charge in [0.05, 0.1) is 23.3 Å². The molecule has 6 N–H and O–H groups in total. The summed E-state index contributed by atoms with van der Waals surface area (Å²) in [6, 6.07) is 10.9. The van der Waals surface area contributed by atoms with E-state index in [9.17, 15) is 9.59 Å². The monoisotopic (exact) mass is 423 g/mol. The lowest BCUT2D eigenvalue weighted by molar-refractivity contribution is -0.114. The quantitative estimate of drug-likeness (QED) is 0.339. The summed E-state index contributed by atoms with van der Waals surface area (Å²) < 4.78 is 0. The van der Waals surface area contributed by atoms with E-state index in [1.54, 1.807) is 24.5 Å². The van der Waals surface area contributed by atoms with Crippen LogP contribution in [-0.2, 0) is 17.6 Å². The number of hydrogen-bond acceptors (Lipinski definition) is 6. The average molecular weight is 424 g/mol. The Morgan fingerprint density at radius 2 is 1.87 bits per heavy atom. The molecule has 0 unspecified atom stereocenters. The SMILES string of the molecule is CC(=O)Nc1nc(CCc2ccc(N=C(N)N)cc2)c(C(=O)Nc2cccnc2)s1. The van der Waals surface area contributed by atoms with E-state index in [0.29, 0.717) is 39.9 Å². The first-order valence-electron chi connectivity index (χ1n) is 9.08. The summed E-state index contributed by atoms with van der Waals surface area (Å²) in [7, 11) is 0. The van der Waals surface area contributed by atoms with Crippen LogP contribution in [0.25, 0.3) is 0 Å². The highest BCUT2D eigenvalue weighted by molar-refractivity contribution is 7.17. The first-order valence-corrected chi connectivity index (χ1v) is 9.89. The van der Waals surface area contributed by atoms with Crippen LogP contribution in [-0.4, -0.2) is 27.7 Å². The number of anilines is 2. The third-order valence-corrected chi connectivity index (χ3v) is 4.96. The van der Waals surface area contributed by atoms with Crippen LogP contribution >= 0.6 is 11.3 Å². The number of nitrogens with zero attached hydrogens (tertiary/aromatic N) is 3. The molecule has 0 aliphatic heterocycles. The Morgan fingerprint density at radius 3 is 2.50 bits per heavy atom. The molecule has 0 spiro atoms. The van der Waals surface area contributed by atoms with E-state index >= 15 is 0 Å². The van der Waals surface area contributed by atoms with E-state index in [2.05, 4.69) is 25.6 Å². The molecule has 2 aromatic heterocycles. The number of amides is 2. The average Bonchev–Trinajstić information content (AvgIpc) is 3.10. The molecule has 0 saturated carbocycles. The minimum atomic E-state index is -0.296. The van der Waals surface area contributed by atoms with E-state index in [1.165, 1.54) is 6.92 Å². The second-order valence-corrected chi connectivity index (χ2v) is 7.37. The van der Waals surface area contributed by atoms with E-state index < -0.39 is 0 Å². The predicted octanol–water partition coefficient (Wildman–Crippen LogP) is 2.44. The second-order valence-electron chi connectivity index (χ2n) is 6.37. The number of hydrogen-bond donors (Lipinski definition) is 4. The van der Waals surface area contributed by atoms with Gasteiger partial charge in [0.2, 0.25) is 5.91 Å². The summed E-state index contributed by atoms with van der Waals surface area (Å²) in [4.78, 5) is 37.0. The molecule has 0 saturated heterocycles. The Hall–Kier alpha value is -3.79. The number of pyridine rings is 1. The molecule has 0 aliphatic carbocycles. The third kappa shape index (κ3) is 5.85. The highest BCUT2D eigenvalue weighted by Gasteiger charge is 2.19. The van der Waals surface area contributed by atoms with Crippen LogP contribution in [0.15, 0.2) is 53.8 Å². The molecule has 10 heteroatoms. The van der Waals surface area contributed by atoms with Gasteiger partial charge in [-0.05, 0) is 42.7 Å². The minimum absolute atomic E-state index is 0.00000541. The molecule has 3 aromatic rings. The molecular weight excluding hydrogens is 402 g/mol. The van der Waals surface area contributed by atoms with Crippen molar-refractivity contribution in [3.8, 4) is 0 Å². The van der Waals surface area contributed by atoms with Crippen LogP contribution in [0.3, 0.4) is 0 Å². The molecule has 1 aromatic carbocycles. The Labute approximate surface area is 177 Å². The van der Waals surface area contributed by atoms with E-state index in [0.717, 1.165) is 16.9 Å². The van der Waals surface area contributed by atoms with Gasteiger partial charge >= 0.3 is 0 Å². The van der Waals surface area contributed by atoms with Crippen molar-refractivity contribution < 1.29 is 9.59 Å². The molecule has 154 valence electrons. The van der Waals surface area contributed by atoms with Gasteiger partial charge in [0.25, 0.3) is 5.91 Å². The lowest BCUT2D eigenvalue weighted by atomic mass is 10.1. The molecule has 2 amide bonds. The van der Waals surface area contributed by atoms with E-state index in [4.69, 9.17) is 11.5 Å². The van der Waals surface area contributed by atoms with Gasteiger partial charge in [-0.25, -0.2) is 9.98 Å². The van der Waals surface area contributed by atoms with Gasteiger partial charge in [-0.3, -0.25) is 14.6 Å². The third-order valence-electron chi connectivity index (χ3n) is 3.95. The van der Waals surface area contributed by atoms with Crippen molar-refractivity contribution in [3.63, 3.8) is 0 Å². The van der Waals surface area contributed by atoms with E-state index in [1.807, 2.05) is 24.3 Å². The zero-order chi connectivity index (χ0) is 21.5. The molecule has 0 bridgehead atoms. The summed E-state index contributed by atoms with van der Waals surface area (Å²) in [6.07, 6.45) is 4.36. The highest BCUT2D eigenvalue weighted by atomic mass is 32.1. The number of carbonyl (C=O) groups excluding carboxylic acids is 2. The van der Waals surface area contributed by atoms with E-state index in [-0.39, 0.29) is 17.8 Å². The number of nitrogens with one attached hydrogen (secondary N) is 2. The van der Waals surface area contributed by atoms with Gasteiger partial charge in [-0.2, -0.15) is 0 Å². The number of aromatic nitrogens is 2. The van der Waals surface area contributed by atoms with Gasteiger partial charge in [0.15, 0.2) is 11.1 Å². The number of rotatable bonds is 7. The van der Waals surface area contributed by atoms with Gasteiger partial charge < -0.3 is 22.1 Å². The lowest BCUT2D eigenvalue weighted by Gasteiger charge is -2.05. The fraction of sp³-hybridized carbons (Fsp3) is 0.150. The Balaban J connectivity index is 1.76.